The molecule has 1 aromatic rings. The highest BCUT2D eigenvalue weighted by Crippen LogP contribution is 2.21. The van der Waals surface area contributed by atoms with Crippen molar-refractivity contribution in [3.05, 3.63) is 35.4 Å². The van der Waals surface area contributed by atoms with Crippen molar-refractivity contribution in [1.29, 1.82) is 0 Å². The van der Waals surface area contributed by atoms with Crippen LogP contribution in [0.25, 0.3) is 0 Å². The molecule has 2 rings (SSSR count). The summed E-state index contributed by atoms with van der Waals surface area (Å²) in [5.41, 5.74) is 2.12. The molecular weight excluding hydrogens is 236 g/mol. The number of carbonyl (C=O) groups is 1. The Labute approximate surface area is 102 Å². The molecule has 1 atom stereocenters. The van der Waals surface area contributed by atoms with Crippen LogP contribution >= 0.6 is 0 Å². The third-order valence-corrected chi connectivity index (χ3v) is 4.95. The molecule has 0 aliphatic carbocycles. The van der Waals surface area contributed by atoms with Crippen molar-refractivity contribution in [2.75, 3.05) is 11.5 Å². The van der Waals surface area contributed by atoms with Crippen LogP contribution in [-0.2, 0) is 21.1 Å². The number of sulfone groups is 1. The molecule has 0 radical (unpaired) electrons. The highest BCUT2D eigenvalue weighted by atomic mass is 32.2. The number of aryl methyl sites for hydroxylation is 1. The van der Waals surface area contributed by atoms with Crippen molar-refractivity contribution in [1.82, 2.24) is 0 Å². The van der Waals surface area contributed by atoms with Gasteiger partial charge in [-0.15, -0.1) is 0 Å². The Morgan fingerprint density at radius 1 is 1.29 bits per heavy atom. The zero-order valence-electron chi connectivity index (χ0n) is 9.85. The monoisotopic (exact) mass is 252 g/mol. The predicted molar refractivity (Wildman–Crippen MR) is 66.7 cm³/mol. The van der Waals surface area contributed by atoms with Gasteiger partial charge in [-0.3, -0.25) is 4.79 Å². The van der Waals surface area contributed by atoms with Crippen LogP contribution in [0.15, 0.2) is 24.3 Å². The van der Waals surface area contributed by atoms with Gasteiger partial charge < -0.3 is 0 Å². The first-order valence-electron chi connectivity index (χ1n) is 5.75. The summed E-state index contributed by atoms with van der Waals surface area (Å²) in [5.74, 6) is -0.0362. The molecule has 1 aliphatic heterocycles. The second-order valence-corrected chi connectivity index (χ2v) is 6.96. The van der Waals surface area contributed by atoms with Crippen LogP contribution < -0.4 is 0 Å². The summed E-state index contributed by atoms with van der Waals surface area (Å²) in [4.78, 5) is 11.9. The number of hydrogen-bond acceptors (Lipinski definition) is 3. The van der Waals surface area contributed by atoms with E-state index in [9.17, 15) is 13.2 Å². The third kappa shape index (κ3) is 3.16. The van der Waals surface area contributed by atoms with Gasteiger partial charge in [-0.25, -0.2) is 8.42 Å². The zero-order valence-corrected chi connectivity index (χ0v) is 10.7. The molecule has 0 aromatic heterocycles. The topological polar surface area (TPSA) is 51.2 Å². The van der Waals surface area contributed by atoms with E-state index in [1.807, 2.05) is 31.2 Å². The number of rotatable bonds is 3. The van der Waals surface area contributed by atoms with E-state index in [0.717, 1.165) is 11.1 Å². The lowest BCUT2D eigenvalue weighted by Gasteiger charge is -2.06. The molecule has 1 heterocycles. The smallest absolute Gasteiger partial charge is 0.151 e. The average molecular weight is 252 g/mol. The Bertz CT molecular complexity index is 514. The molecule has 92 valence electrons. The van der Waals surface area contributed by atoms with Gasteiger partial charge in [0.2, 0.25) is 0 Å². The summed E-state index contributed by atoms with van der Waals surface area (Å²) in [7, 11) is -2.96. The summed E-state index contributed by atoms with van der Waals surface area (Å²) in [6.07, 6.45) is 0.841. The van der Waals surface area contributed by atoms with Crippen molar-refractivity contribution in [3.8, 4) is 0 Å². The number of benzene rings is 1. The molecule has 1 aromatic carbocycles. The van der Waals surface area contributed by atoms with Crippen LogP contribution in [0.1, 0.15) is 17.5 Å². The molecule has 1 unspecified atom stereocenters. The first-order valence-corrected chi connectivity index (χ1v) is 7.57. The largest absolute Gasteiger partial charge is 0.299 e. The molecule has 17 heavy (non-hydrogen) atoms. The average Bonchev–Trinajstić information content (AvgIpc) is 2.62. The second-order valence-electron chi connectivity index (χ2n) is 4.73. The minimum atomic E-state index is -2.96. The van der Waals surface area contributed by atoms with Crippen molar-refractivity contribution in [2.24, 2.45) is 5.92 Å². The zero-order chi connectivity index (χ0) is 12.5. The maximum Gasteiger partial charge on any atom is 0.151 e. The van der Waals surface area contributed by atoms with Gasteiger partial charge in [0.05, 0.1) is 11.5 Å². The van der Waals surface area contributed by atoms with E-state index in [1.165, 1.54) is 0 Å². The lowest BCUT2D eigenvalue weighted by Crippen LogP contribution is -2.18. The Hall–Kier alpha value is -1.16. The minimum Gasteiger partial charge on any atom is -0.299 e. The normalized spacial score (nSPS) is 22.5. The van der Waals surface area contributed by atoms with Crippen molar-refractivity contribution in [3.63, 3.8) is 0 Å². The van der Waals surface area contributed by atoms with Crippen LogP contribution in [0.3, 0.4) is 0 Å². The van der Waals surface area contributed by atoms with Gasteiger partial charge in [-0.05, 0) is 18.9 Å². The SMILES string of the molecule is Cc1ccc(CC(=O)C2CCS(=O)(=O)C2)cc1. The van der Waals surface area contributed by atoms with Crippen LogP contribution in [0, 0.1) is 12.8 Å². The molecule has 1 aliphatic rings. The lowest BCUT2D eigenvalue weighted by molar-refractivity contribution is -0.121. The first kappa shape index (κ1) is 12.3. The van der Waals surface area contributed by atoms with Crippen LogP contribution in [0.4, 0.5) is 0 Å². The van der Waals surface area contributed by atoms with Crippen LogP contribution in [0.2, 0.25) is 0 Å². The Kier molecular flexibility index (Phi) is 3.33. The van der Waals surface area contributed by atoms with Gasteiger partial charge in [0.1, 0.15) is 5.78 Å². The van der Waals surface area contributed by atoms with Gasteiger partial charge in [0.25, 0.3) is 0 Å². The van der Waals surface area contributed by atoms with Gasteiger partial charge in [0, 0.05) is 12.3 Å². The fraction of sp³-hybridized carbons (Fsp3) is 0.462. The Balaban J connectivity index is 2.01. The fourth-order valence-corrected chi connectivity index (χ4v) is 3.88. The highest BCUT2D eigenvalue weighted by Gasteiger charge is 2.32. The third-order valence-electron chi connectivity index (χ3n) is 3.19. The minimum absolute atomic E-state index is 0.0394. The number of ketones is 1. The van der Waals surface area contributed by atoms with E-state index in [-0.39, 0.29) is 23.2 Å². The van der Waals surface area contributed by atoms with Gasteiger partial charge >= 0.3 is 0 Å². The van der Waals surface area contributed by atoms with E-state index in [4.69, 9.17) is 0 Å². The second kappa shape index (κ2) is 4.61. The summed E-state index contributed by atoms with van der Waals surface area (Å²) < 4.78 is 22.6. The van der Waals surface area contributed by atoms with E-state index < -0.39 is 9.84 Å². The standard InChI is InChI=1S/C13H16O3S/c1-10-2-4-11(5-3-10)8-13(14)12-6-7-17(15,16)9-12/h2-5,12H,6-9H2,1H3. The quantitative estimate of drug-likeness (QED) is 0.820. The van der Waals surface area contributed by atoms with Crippen LogP contribution in [0.5, 0.6) is 0 Å². The molecule has 1 saturated heterocycles. The van der Waals surface area contributed by atoms with Crippen molar-refractivity contribution in [2.45, 2.75) is 19.8 Å². The van der Waals surface area contributed by atoms with Gasteiger partial charge in [-0.2, -0.15) is 0 Å². The molecule has 0 bridgehead atoms. The molecule has 1 fully saturated rings. The molecule has 0 N–H and O–H groups in total. The molecule has 3 nitrogen and oxygen atoms in total. The summed E-state index contributed by atoms with van der Waals surface area (Å²) in [6, 6.07) is 7.79. The summed E-state index contributed by atoms with van der Waals surface area (Å²) in [5, 5.41) is 0. The predicted octanol–water partition coefficient (Wildman–Crippen LogP) is 1.54. The van der Waals surface area contributed by atoms with Gasteiger partial charge in [0.15, 0.2) is 9.84 Å². The molecule has 4 heteroatoms. The van der Waals surface area contributed by atoms with E-state index in [0.29, 0.717) is 12.8 Å². The van der Waals surface area contributed by atoms with E-state index in [1.54, 1.807) is 0 Å². The highest BCUT2D eigenvalue weighted by molar-refractivity contribution is 7.91. The number of carbonyl (C=O) groups excluding carboxylic acids is 1. The van der Waals surface area contributed by atoms with Gasteiger partial charge in [-0.1, -0.05) is 29.8 Å². The van der Waals surface area contributed by atoms with Crippen molar-refractivity contribution >= 4 is 15.6 Å². The number of hydrogen-bond donors (Lipinski definition) is 0. The number of Topliss-reactive ketones (excluding diaryl/α,β-unsaturated/α-hetero) is 1. The summed E-state index contributed by atoms with van der Waals surface area (Å²) >= 11 is 0. The first-order chi connectivity index (χ1) is 7.96. The van der Waals surface area contributed by atoms with Crippen LogP contribution in [-0.4, -0.2) is 25.7 Å². The fourth-order valence-electron chi connectivity index (χ4n) is 2.10. The lowest BCUT2D eigenvalue weighted by atomic mass is 9.97. The Morgan fingerprint density at radius 2 is 1.94 bits per heavy atom. The summed E-state index contributed by atoms with van der Waals surface area (Å²) in [6.45, 7) is 2.00. The van der Waals surface area contributed by atoms with Crippen molar-refractivity contribution < 1.29 is 13.2 Å². The molecule has 0 amide bonds. The maximum atomic E-state index is 11.9. The van der Waals surface area contributed by atoms with E-state index in [2.05, 4.69) is 0 Å². The Morgan fingerprint density at radius 3 is 2.47 bits per heavy atom. The molecular formula is C13H16O3S. The van der Waals surface area contributed by atoms with E-state index >= 15 is 0 Å². The molecule has 0 spiro atoms. The molecule has 0 saturated carbocycles. The maximum absolute atomic E-state index is 11.9.